The molecular formula is C21H25N5O2. The van der Waals surface area contributed by atoms with Gasteiger partial charge in [0.2, 0.25) is 5.91 Å². The Morgan fingerprint density at radius 3 is 2.79 bits per heavy atom. The quantitative estimate of drug-likeness (QED) is 0.815. The molecule has 7 heteroatoms. The van der Waals surface area contributed by atoms with Crippen molar-refractivity contribution in [2.24, 2.45) is 18.9 Å². The normalized spacial score (nSPS) is 24.9. The number of pyridine rings is 1. The molecule has 7 nitrogen and oxygen atoms in total. The van der Waals surface area contributed by atoms with Crippen molar-refractivity contribution in [3.63, 3.8) is 0 Å². The van der Waals surface area contributed by atoms with Crippen molar-refractivity contribution in [1.29, 1.82) is 5.26 Å². The monoisotopic (exact) mass is 379 g/mol. The van der Waals surface area contributed by atoms with Crippen molar-refractivity contribution >= 4 is 5.91 Å². The lowest BCUT2D eigenvalue weighted by Gasteiger charge is -2.31. The maximum Gasteiger partial charge on any atom is 0.249 e. The zero-order valence-corrected chi connectivity index (χ0v) is 16.1. The molecular weight excluding hydrogens is 354 g/mol. The van der Waals surface area contributed by atoms with Gasteiger partial charge in [0, 0.05) is 38.0 Å². The molecule has 2 fully saturated rings. The lowest BCUT2D eigenvalue weighted by molar-refractivity contribution is -0.183. The fourth-order valence-corrected chi connectivity index (χ4v) is 4.39. The summed E-state index contributed by atoms with van der Waals surface area (Å²) in [5.74, 6) is 0.697. The van der Waals surface area contributed by atoms with E-state index in [9.17, 15) is 4.79 Å². The van der Waals surface area contributed by atoms with Crippen molar-refractivity contribution in [3.8, 4) is 6.07 Å². The van der Waals surface area contributed by atoms with Gasteiger partial charge in [-0.25, -0.2) is 5.06 Å². The van der Waals surface area contributed by atoms with Crippen molar-refractivity contribution in [1.82, 2.24) is 19.8 Å². The smallest absolute Gasteiger partial charge is 0.249 e. The number of hydrogen-bond acceptors (Lipinski definition) is 5. The van der Waals surface area contributed by atoms with Gasteiger partial charge < -0.3 is 0 Å². The van der Waals surface area contributed by atoms with E-state index in [2.05, 4.69) is 22.3 Å². The number of hydrogen-bond donors (Lipinski definition) is 0. The second kappa shape index (κ2) is 8.11. The van der Waals surface area contributed by atoms with E-state index >= 15 is 0 Å². The summed E-state index contributed by atoms with van der Waals surface area (Å²) in [5.41, 5.74) is 2.65. The highest BCUT2D eigenvalue weighted by Gasteiger charge is 2.37. The summed E-state index contributed by atoms with van der Waals surface area (Å²) >= 11 is 0. The Hall–Kier alpha value is -2.72. The van der Waals surface area contributed by atoms with E-state index in [0.717, 1.165) is 44.1 Å². The first-order chi connectivity index (χ1) is 13.6. The molecule has 1 amide bonds. The molecule has 0 spiro atoms. The van der Waals surface area contributed by atoms with Crippen LogP contribution in [0.25, 0.3) is 0 Å². The van der Waals surface area contributed by atoms with Gasteiger partial charge in [-0.05, 0) is 55.2 Å². The van der Waals surface area contributed by atoms with Crippen LogP contribution in [0.2, 0.25) is 0 Å². The van der Waals surface area contributed by atoms with Crippen LogP contribution in [0.4, 0.5) is 0 Å². The Morgan fingerprint density at radius 2 is 2.07 bits per heavy atom. The standard InChI is InChI=1S/C21H25N5O2/c1-25-14-17(12-24-25)8-15-2-4-18(5-3-15)21(27)26-20(6-7-28-26)19-9-16(10-22)11-23-13-19/h9,11-15,18,20H,2-8H2,1H3/t15?,18?,20-/m0/s1. The number of amides is 1. The van der Waals surface area contributed by atoms with E-state index in [4.69, 9.17) is 10.1 Å². The Bertz CT molecular complexity index is 879. The van der Waals surface area contributed by atoms with Gasteiger partial charge in [0.05, 0.1) is 24.4 Å². The Balaban J connectivity index is 1.37. The largest absolute Gasteiger partial charge is 0.276 e. The Morgan fingerprint density at radius 1 is 1.25 bits per heavy atom. The molecule has 0 radical (unpaired) electrons. The average Bonchev–Trinajstić information content (AvgIpc) is 3.37. The maximum atomic E-state index is 13.1. The number of nitriles is 1. The fraction of sp³-hybridized carbons (Fsp3) is 0.524. The Labute approximate surface area is 164 Å². The van der Waals surface area contributed by atoms with Crippen molar-refractivity contribution < 1.29 is 9.63 Å². The molecule has 1 atom stereocenters. The van der Waals surface area contributed by atoms with E-state index in [-0.39, 0.29) is 17.9 Å². The first kappa shape index (κ1) is 18.6. The van der Waals surface area contributed by atoms with E-state index in [0.29, 0.717) is 18.1 Å². The molecule has 1 aliphatic heterocycles. The van der Waals surface area contributed by atoms with Crippen LogP contribution >= 0.6 is 0 Å². The number of hydroxylamine groups is 2. The van der Waals surface area contributed by atoms with Gasteiger partial charge in [-0.2, -0.15) is 10.4 Å². The van der Waals surface area contributed by atoms with Gasteiger partial charge in [-0.1, -0.05) is 0 Å². The van der Waals surface area contributed by atoms with Crippen LogP contribution < -0.4 is 0 Å². The minimum Gasteiger partial charge on any atom is -0.276 e. The van der Waals surface area contributed by atoms with Gasteiger partial charge in [-0.15, -0.1) is 0 Å². The first-order valence-electron chi connectivity index (χ1n) is 9.92. The molecule has 0 aromatic carbocycles. The minimum absolute atomic E-state index is 0.0119. The van der Waals surface area contributed by atoms with Crippen LogP contribution in [0.5, 0.6) is 0 Å². The van der Waals surface area contributed by atoms with Crippen LogP contribution in [-0.2, 0) is 23.1 Å². The molecule has 0 unspecified atom stereocenters. The van der Waals surface area contributed by atoms with E-state index < -0.39 is 0 Å². The zero-order valence-electron chi connectivity index (χ0n) is 16.1. The number of carbonyl (C=O) groups is 1. The van der Waals surface area contributed by atoms with Crippen LogP contribution in [0.3, 0.4) is 0 Å². The molecule has 0 bridgehead atoms. The summed E-state index contributed by atoms with van der Waals surface area (Å²) in [6.45, 7) is 0.517. The van der Waals surface area contributed by atoms with Crippen molar-refractivity contribution in [2.45, 2.75) is 44.6 Å². The highest BCUT2D eigenvalue weighted by molar-refractivity contribution is 5.78. The van der Waals surface area contributed by atoms with Crippen LogP contribution in [-0.4, -0.2) is 32.3 Å². The molecule has 146 valence electrons. The SMILES string of the molecule is Cn1cc(CC2CCC(C(=O)N3OCC[C@H]3c3cncc(C#N)c3)CC2)cn1. The third-order valence-corrected chi connectivity index (χ3v) is 5.87. The first-order valence-corrected chi connectivity index (χ1v) is 9.92. The highest BCUT2D eigenvalue weighted by Crippen LogP contribution is 2.37. The van der Waals surface area contributed by atoms with Gasteiger partial charge >= 0.3 is 0 Å². The van der Waals surface area contributed by atoms with Gasteiger partial charge in [0.1, 0.15) is 6.07 Å². The predicted octanol–water partition coefficient (Wildman–Crippen LogP) is 2.94. The highest BCUT2D eigenvalue weighted by atomic mass is 16.7. The molecule has 2 aromatic heterocycles. The topological polar surface area (TPSA) is 84.0 Å². The van der Waals surface area contributed by atoms with Gasteiger partial charge in [0.25, 0.3) is 0 Å². The second-order valence-corrected chi connectivity index (χ2v) is 7.86. The summed E-state index contributed by atoms with van der Waals surface area (Å²) < 4.78 is 1.84. The zero-order chi connectivity index (χ0) is 19.5. The summed E-state index contributed by atoms with van der Waals surface area (Å²) in [6.07, 6.45) is 12.9. The predicted molar refractivity (Wildman–Crippen MR) is 101 cm³/mol. The number of carbonyl (C=O) groups excluding carboxylic acids is 1. The van der Waals surface area contributed by atoms with Crippen molar-refractivity contribution in [3.05, 3.63) is 47.5 Å². The number of rotatable bonds is 4. The van der Waals surface area contributed by atoms with E-state index in [1.165, 1.54) is 11.8 Å². The van der Waals surface area contributed by atoms with E-state index in [1.54, 1.807) is 17.3 Å². The fourth-order valence-electron chi connectivity index (χ4n) is 4.39. The molecule has 4 rings (SSSR count). The molecule has 1 saturated carbocycles. The summed E-state index contributed by atoms with van der Waals surface area (Å²) in [6, 6.07) is 3.76. The molecule has 2 aliphatic rings. The van der Waals surface area contributed by atoms with Crippen LogP contribution in [0.1, 0.15) is 54.8 Å². The summed E-state index contributed by atoms with van der Waals surface area (Å²) in [4.78, 5) is 22.9. The molecule has 1 aliphatic carbocycles. The second-order valence-electron chi connectivity index (χ2n) is 7.86. The molecule has 2 aromatic rings. The number of nitrogens with zero attached hydrogens (tertiary/aromatic N) is 5. The van der Waals surface area contributed by atoms with Crippen molar-refractivity contribution in [2.75, 3.05) is 6.61 Å². The van der Waals surface area contributed by atoms with E-state index in [1.807, 2.05) is 17.9 Å². The summed E-state index contributed by atoms with van der Waals surface area (Å²) in [5, 5.41) is 14.9. The molecule has 0 N–H and O–H groups in total. The number of aryl methyl sites for hydroxylation is 1. The average molecular weight is 379 g/mol. The van der Waals surface area contributed by atoms with Crippen LogP contribution in [0, 0.1) is 23.2 Å². The lowest BCUT2D eigenvalue weighted by atomic mass is 9.79. The molecule has 1 saturated heterocycles. The third kappa shape index (κ3) is 3.92. The van der Waals surface area contributed by atoms with Gasteiger partial charge in [0.15, 0.2) is 0 Å². The lowest BCUT2D eigenvalue weighted by Crippen LogP contribution is -2.36. The Kier molecular flexibility index (Phi) is 5.40. The molecule has 28 heavy (non-hydrogen) atoms. The summed E-state index contributed by atoms with van der Waals surface area (Å²) in [7, 11) is 1.94. The third-order valence-electron chi connectivity index (χ3n) is 5.87. The van der Waals surface area contributed by atoms with Gasteiger partial charge in [-0.3, -0.25) is 19.3 Å². The minimum atomic E-state index is -0.151. The van der Waals surface area contributed by atoms with Crippen LogP contribution in [0.15, 0.2) is 30.9 Å². The number of aromatic nitrogens is 3. The molecule has 3 heterocycles. The maximum absolute atomic E-state index is 13.1.